The zero-order valence-corrected chi connectivity index (χ0v) is 18.6. The number of likely N-dealkylation sites (tertiary alicyclic amines) is 1. The highest BCUT2D eigenvalue weighted by Gasteiger charge is 2.24. The van der Waals surface area contributed by atoms with Gasteiger partial charge in [-0.25, -0.2) is 0 Å². The van der Waals surface area contributed by atoms with Crippen molar-refractivity contribution in [2.75, 3.05) is 48.4 Å². The summed E-state index contributed by atoms with van der Waals surface area (Å²) in [6, 6.07) is 7.03. The molecule has 2 fully saturated rings. The number of piperidine rings is 1. The smallest absolute Gasteiger partial charge is 0.273 e. The van der Waals surface area contributed by atoms with Crippen LogP contribution in [0.1, 0.15) is 23.3 Å². The van der Waals surface area contributed by atoms with Crippen LogP contribution >= 0.6 is 0 Å². The second kappa shape index (κ2) is 10.3. The third kappa shape index (κ3) is 5.29. The van der Waals surface area contributed by atoms with E-state index < -0.39 is 5.91 Å². The Morgan fingerprint density at radius 1 is 1.21 bits per heavy atom. The Hall–Kier alpha value is -4.06. The quantitative estimate of drug-likeness (QED) is 0.499. The molecule has 2 aliphatic heterocycles. The Morgan fingerprint density at radius 3 is 2.71 bits per heavy atom. The van der Waals surface area contributed by atoms with E-state index >= 15 is 0 Å². The number of aromatic nitrogens is 3. The van der Waals surface area contributed by atoms with Gasteiger partial charge >= 0.3 is 0 Å². The first-order valence-electron chi connectivity index (χ1n) is 10.9. The number of amides is 3. The first-order chi connectivity index (χ1) is 16.4. The molecule has 1 aromatic heterocycles. The molecular weight excluding hydrogens is 440 g/mol. The summed E-state index contributed by atoms with van der Waals surface area (Å²) >= 11 is 0. The molecule has 2 aromatic rings. The molecule has 1 unspecified atom stereocenters. The van der Waals surface area contributed by atoms with Gasteiger partial charge in [-0.05, 0) is 43.2 Å². The lowest BCUT2D eigenvalue weighted by Crippen LogP contribution is -2.44. The van der Waals surface area contributed by atoms with Gasteiger partial charge in [-0.15, -0.1) is 10.2 Å². The molecule has 0 spiro atoms. The van der Waals surface area contributed by atoms with Crippen LogP contribution in [-0.4, -0.2) is 76.7 Å². The van der Waals surface area contributed by atoms with Crippen LogP contribution < -0.4 is 21.3 Å². The number of benzene rings is 1. The van der Waals surface area contributed by atoms with Crippen LogP contribution in [-0.2, 0) is 14.3 Å². The number of primary amides is 1. The van der Waals surface area contributed by atoms with Gasteiger partial charge < -0.3 is 30.9 Å². The Kier molecular flexibility index (Phi) is 6.97. The van der Waals surface area contributed by atoms with Crippen molar-refractivity contribution in [2.24, 2.45) is 5.73 Å². The van der Waals surface area contributed by atoms with Crippen LogP contribution in [0.4, 0.5) is 23.1 Å². The minimum atomic E-state index is -0.773. The molecule has 2 aliphatic rings. The topological polar surface area (TPSA) is 156 Å². The van der Waals surface area contributed by atoms with Gasteiger partial charge in [0, 0.05) is 37.1 Å². The second-order valence-electron chi connectivity index (χ2n) is 7.94. The fraction of sp³-hybridized carbons (Fsp3) is 0.364. The van der Waals surface area contributed by atoms with Gasteiger partial charge in [0.2, 0.25) is 11.9 Å². The molecule has 178 valence electrons. The molecule has 0 bridgehead atoms. The summed E-state index contributed by atoms with van der Waals surface area (Å²) in [7, 11) is 0. The number of hydrogen-bond acceptors (Lipinski definition) is 9. The van der Waals surface area contributed by atoms with Gasteiger partial charge in [0.05, 0.1) is 6.61 Å². The maximum absolute atomic E-state index is 12.0. The Labute approximate surface area is 196 Å². The van der Waals surface area contributed by atoms with Crippen molar-refractivity contribution in [3.63, 3.8) is 0 Å². The Bertz CT molecular complexity index is 1090. The maximum Gasteiger partial charge on any atom is 0.273 e. The zero-order valence-electron chi connectivity index (χ0n) is 18.6. The molecule has 12 nitrogen and oxygen atoms in total. The number of ether oxygens (including phenoxy) is 1. The molecule has 1 atom stereocenters. The van der Waals surface area contributed by atoms with E-state index in [9.17, 15) is 14.4 Å². The standard InChI is InChI=1S/C22H26N8O4/c1-2-17(31)29-9-3-4-15(12-29)25-22-26-21(19(20(23)33)27-28-22)24-14-5-7-16(8-6-14)30-10-11-34-13-18(30)32/h2,5-8,15H,1,3-4,9-13H2,(H2,23,33)(H2,24,25,26,28). The molecule has 1 aromatic carbocycles. The number of morpholine rings is 1. The highest BCUT2D eigenvalue weighted by atomic mass is 16.5. The first kappa shape index (κ1) is 23.1. The summed E-state index contributed by atoms with van der Waals surface area (Å²) in [4.78, 5) is 43.6. The van der Waals surface area contributed by atoms with E-state index in [1.807, 2.05) is 0 Å². The average Bonchev–Trinajstić information content (AvgIpc) is 2.84. The number of hydrogen-bond donors (Lipinski definition) is 3. The number of nitrogens with one attached hydrogen (secondary N) is 2. The van der Waals surface area contributed by atoms with Crippen molar-refractivity contribution < 1.29 is 19.1 Å². The molecule has 4 N–H and O–H groups in total. The summed E-state index contributed by atoms with van der Waals surface area (Å²) in [5, 5.41) is 14.1. The Morgan fingerprint density at radius 2 is 2.00 bits per heavy atom. The van der Waals surface area contributed by atoms with Crippen molar-refractivity contribution in [3.8, 4) is 0 Å². The summed E-state index contributed by atoms with van der Waals surface area (Å²) in [5.41, 5.74) is 6.72. The highest BCUT2D eigenvalue weighted by molar-refractivity contribution is 5.96. The molecule has 12 heteroatoms. The average molecular weight is 467 g/mol. The van der Waals surface area contributed by atoms with Crippen molar-refractivity contribution in [3.05, 3.63) is 42.6 Å². The molecular formula is C22H26N8O4. The third-order valence-electron chi connectivity index (χ3n) is 5.59. The van der Waals surface area contributed by atoms with Crippen molar-refractivity contribution in [1.82, 2.24) is 20.1 Å². The Balaban J connectivity index is 1.49. The van der Waals surface area contributed by atoms with Gasteiger partial charge in [0.1, 0.15) is 6.61 Å². The van der Waals surface area contributed by atoms with Crippen LogP contribution in [0.2, 0.25) is 0 Å². The lowest BCUT2D eigenvalue weighted by molar-refractivity contribution is -0.127. The zero-order chi connectivity index (χ0) is 24.1. The molecule has 0 radical (unpaired) electrons. The van der Waals surface area contributed by atoms with E-state index in [1.165, 1.54) is 6.08 Å². The molecule has 3 heterocycles. The number of nitrogens with two attached hydrogens (primary N) is 1. The largest absolute Gasteiger partial charge is 0.370 e. The normalized spacial score (nSPS) is 18.4. The van der Waals surface area contributed by atoms with Crippen molar-refractivity contribution >= 4 is 40.9 Å². The van der Waals surface area contributed by atoms with Crippen LogP contribution in [0.15, 0.2) is 36.9 Å². The molecule has 34 heavy (non-hydrogen) atoms. The minimum Gasteiger partial charge on any atom is -0.370 e. The fourth-order valence-corrected chi connectivity index (χ4v) is 3.90. The summed E-state index contributed by atoms with van der Waals surface area (Å²) in [6.07, 6.45) is 2.95. The van der Waals surface area contributed by atoms with E-state index in [0.717, 1.165) is 18.5 Å². The van der Waals surface area contributed by atoms with Gasteiger partial charge in [-0.1, -0.05) is 6.58 Å². The molecule has 0 aliphatic carbocycles. The first-order valence-corrected chi connectivity index (χ1v) is 10.9. The fourth-order valence-electron chi connectivity index (χ4n) is 3.90. The van der Waals surface area contributed by atoms with E-state index in [2.05, 4.69) is 32.4 Å². The number of carbonyl (C=O) groups excluding carboxylic acids is 3. The van der Waals surface area contributed by atoms with E-state index in [4.69, 9.17) is 10.5 Å². The lowest BCUT2D eigenvalue weighted by atomic mass is 10.1. The molecule has 2 saturated heterocycles. The van der Waals surface area contributed by atoms with E-state index in [-0.39, 0.29) is 41.9 Å². The minimum absolute atomic E-state index is 0.0604. The summed E-state index contributed by atoms with van der Waals surface area (Å²) < 4.78 is 5.16. The number of anilines is 4. The summed E-state index contributed by atoms with van der Waals surface area (Å²) in [5.74, 6) is -0.644. The number of carbonyl (C=O) groups is 3. The predicted molar refractivity (Wildman–Crippen MR) is 125 cm³/mol. The second-order valence-corrected chi connectivity index (χ2v) is 7.94. The maximum atomic E-state index is 12.0. The van der Waals surface area contributed by atoms with Crippen LogP contribution in [0, 0.1) is 0 Å². The predicted octanol–water partition coefficient (Wildman–Crippen LogP) is 0.666. The molecule has 0 saturated carbocycles. The van der Waals surface area contributed by atoms with Crippen LogP contribution in [0.25, 0.3) is 0 Å². The van der Waals surface area contributed by atoms with Crippen molar-refractivity contribution in [2.45, 2.75) is 18.9 Å². The van der Waals surface area contributed by atoms with Crippen LogP contribution in [0.3, 0.4) is 0 Å². The molecule has 4 rings (SSSR count). The van der Waals surface area contributed by atoms with Gasteiger partial charge in [-0.2, -0.15) is 4.98 Å². The van der Waals surface area contributed by atoms with Gasteiger partial charge in [0.15, 0.2) is 11.5 Å². The van der Waals surface area contributed by atoms with E-state index in [0.29, 0.717) is 31.9 Å². The lowest BCUT2D eigenvalue weighted by Gasteiger charge is -2.32. The van der Waals surface area contributed by atoms with Crippen LogP contribution in [0.5, 0.6) is 0 Å². The third-order valence-corrected chi connectivity index (χ3v) is 5.59. The van der Waals surface area contributed by atoms with Crippen molar-refractivity contribution in [1.29, 1.82) is 0 Å². The van der Waals surface area contributed by atoms with Gasteiger partial charge in [0.25, 0.3) is 11.8 Å². The van der Waals surface area contributed by atoms with E-state index in [1.54, 1.807) is 34.1 Å². The monoisotopic (exact) mass is 466 g/mol. The SMILES string of the molecule is C=CC(=O)N1CCCC(Nc2nnc(C(N)=O)c(Nc3ccc(N4CCOCC4=O)cc3)n2)C1. The number of rotatable bonds is 7. The van der Waals surface area contributed by atoms with Gasteiger partial charge in [-0.3, -0.25) is 14.4 Å². The molecule has 3 amide bonds. The highest BCUT2D eigenvalue weighted by Crippen LogP contribution is 2.23. The number of nitrogens with zero attached hydrogens (tertiary/aromatic N) is 5. The summed E-state index contributed by atoms with van der Waals surface area (Å²) in [6.45, 7) is 5.71.